The molecule has 0 saturated carbocycles. The van der Waals surface area contributed by atoms with Crippen LogP contribution in [0.5, 0.6) is 5.75 Å². The van der Waals surface area contributed by atoms with Crippen molar-refractivity contribution in [2.45, 2.75) is 26.3 Å². The number of nitrogens with zero attached hydrogens (tertiary/aromatic N) is 2. The van der Waals surface area contributed by atoms with Gasteiger partial charge in [-0.05, 0) is 61.4 Å². The molecular weight excluding hydrogens is 380 g/mol. The highest BCUT2D eigenvalue weighted by atomic mass is 35.5. The maximum Gasteiger partial charge on any atom is 0.266 e. The van der Waals surface area contributed by atoms with Crippen molar-refractivity contribution in [3.8, 4) is 5.75 Å². The van der Waals surface area contributed by atoms with Crippen LogP contribution in [0.15, 0.2) is 58.4 Å². The number of phenols is 1. The van der Waals surface area contributed by atoms with Gasteiger partial charge in [0, 0.05) is 12.6 Å². The maximum absolute atomic E-state index is 12.9. The van der Waals surface area contributed by atoms with Crippen LogP contribution in [-0.2, 0) is 11.2 Å². The highest BCUT2D eigenvalue weighted by Gasteiger charge is 2.33. The number of phenolic OH excluding ortho intramolecular Hbond substituents is 1. The molecule has 0 radical (unpaired) electrons. The van der Waals surface area contributed by atoms with Gasteiger partial charge in [-0.3, -0.25) is 14.7 Å². The molecule has 1 aliphatic heterocycles. The summed E-state index contributed by atoms with van der Waals surface area (Å²) < 4.78 is 0. The number of aliphatic imine (C=N–C) groups is 1. The lowest BCUT2D eigenvalue weighted by Crippen LogP contribution is -2.31. The number of thioether (sulfide) groups is 1. The second-order valence-corrected chi connectivity index (χ2v) is 7.94. The number of hydrogen-bond acceptors (Lipinski definition) is 4. The summed E-state index contributed by atoms with van der Waals surface area (Å²) >= 11 is 7.35. The summed E-state index contributed by atoms with van der Waals surface area (Å²) in [5, 5.41) is 10.6. The van der Waals surface area contributed by atoms with E-state index in [0.29, 0.717) is 11.4 Å². The number of amidine groups is 1. The van der Waals surface area contributed by atoms with E-state index in [9.17, 15) is 9.90 Å². The molecule has 0 bridgehead atoms. The van der Waals surface area contributed by atoms with Crippen molar-refractivity contribution in [2.24, 2.45) is 4.99 Å². The van der Waals surface area contributed by atoms with E-state index in [1.807, 2.05) is 32.0 Å². The molecule has 0 aromatic heterocycles. The zero-order chi connectivity index (χ0) is 19.4. The summed E-state index contributed by atoms with van der Waals surface area (Å²) in [7, 11) is 0. The number of carbonyl (C=O) groups excluding carboxylic acids is 1. The van der Waals surface area contributed by atoms with Crippen LogP contribution in [0, 0.1) is 0 Å². The summed E-state index contributed by atoms with van der Waals surface area (Å²) in [6.45, 7) is 4.57. The highest BCUT2D eigenvalue weighted by Crippen LogP contribution is 2.34. The first-order chi connectivity index (χ1) is 12.9. The van der Waals surface area contributed by atoms with E-state index in [-0.39, 0.29) is 22.7 Å². The zero-order valence-electron chi connectivity index (χ0n) is 15.2. The molecule has 0 aliphatic carbocycles. The zero-order valence-corrected chi connectivity index (χ0v) is 16.8. The summed E-state index contributed by atoms with van der Waals surface area (Å²) in [4.78, 5) is 19.9. The van der Waals surface area contributed by atoms with E-state index >= 15 is 0 Å². The van der Waals surface area contributed by atoms with Crippen LogP contribution >= 0.6 is 23.4 Å². The van der Waals surface area contributed by atoms with Crippen molar-refractivity contribution in [3.05, 3.63) is 69.6 Å². The van der Waals surface area contributed by atoms with Crippen LogP contribution in [-0.4, -0.2) is 33.7 Å². The Bertz CT molecular complexity index is 894. The van der Waals surface area contributed by atoms with Gasteiger partial charge in [0.1, 0.15) is 5.75 Å². The molecule has 140 valence electrons. The third-order valence-corrected chi connectivity index (χ3v) is 5.32. The number of halogens is 1. The van der Waals surface area contributed by atoms with Crippen LogP contribution in [0.4, 0.5) is 0 Å². The monoisotopic (exact) mass is 400 g/mol. The molecule has 27 heavy (non-hydrogen) atoms. The maximum atomic E-state index is 12.9. The van der Waals surface area contributed by atoms with Crippen molar-refractivity contribution < 1.29 is 9.90 Å². The van der Waals surface area contributed by atoms with E-state index < -0.39 is 0 Å². The average molecular weight is 401 g/mol. The van der Waals surface area contributed by atoms with Gasteiger partial charge in [0.15, 0.2) is 5.17 Å². The molecule has 1 heterocycles. The van der Waals surface area contributed by atoms with E-state index in [1.165, 1.54) is 23.4 Å². The average Bonchev–Trinajstić information content (AvgIpc) is 2.91. The van der Waals surface area contributed by atoms with Crippen LogP contribution in [0.3, 0.4) is 0 Å². The smallest absolute Gasteiger partial charge is 0.266 e. The lowest BCUT2D eigenvalue weighted by atomic mass is 10.1. The van der Waals surface area contributed by atoms with Crippen molar-refractivity contribution in [1.29, 1.82) is 0 Å². The first kappa shape index (κ1) is 19.5. The molecule has 1 fully saturated rings. The lowest BCUT2D eigenvalue weighted by Gasteiger charge is -2.16. The molecule has 3 rings (SSSR count). The van der Waals surface area contributed by atoms with E-state index in [4.69, 9.17) is 11.6 Å². The predicted octanol–water partition coefficient (Wildman–Crippen LogP) is 4.97. The number of rotatable bonds is 5. The third kappa shape index (κ3) is 4.93. The molecule has 1 saturated heterocycles. The molecule has 6 heteroatoms. The van der Waals surface area contributed by atoms with Gasteiger partial charge >= 0.3 is 0 Å². The minimum atomic E-state index is -0.0560. The molecule has 2 aromatic carbocycles. The minimum absolute atomic E-state index is 0.0239. The van der Waals surface area contributed by atoms with Crippen molar-refractivity contribution >= 4 is 40.5 Å². The second-order valence-electron chi connectivity index (χ2n) is 6.52. The van der Waals surface area contributed by atoms with Crippen molar-refractivity contribution in [1.82, 2.24) is 4.90 Å². The van der Waals surface area contributed by atoms with E-state index in [1.54, 1.807) is 23.1 Å². The number of carbonyl (C=O) groups is 1. The number of hydrogen-bond donors (Lipinski definition) is 1. The summed E-state index contributed by atoms with van der Waals surface area (Å²) in [5.41, 5.74) is 1.95. The summed E-state index contributed by atoms with van der Waals surface area (Å²) in [6.07, 6.45) is 2.55. The van der Waals surface area contributed by atoms with Gasteiger partial charge in [-0.15, -0.1) is 0 Å². The van der Waals surface area contributed by atoms with Crippen LogP contribution < -0.4 is 0 Å². The normalized spacial score (nSPS) is 17.5. The van der Waals surface area contributed by atoms with Crippen LogP contribution in [0.1, 0.15) is 25.0 Å². The Morgan fingerprint density at radius 1 is 1.22 bits per heavy atom. The fourth-order valence-corrected chi connectivity index (χ4v) is 4.00. The lowest BCUT2D eigenvalue weighted by molar-refractivity contribution is -0.122. The van der Waals surface area contributed by atoms with Crippen molar-refractivity contribution in [2.75, 3.05) is 6.54 Å². The first-order valence-corrected chi connectivity index (χ1v) is 9.95. The van der Waals surface area contributed by atoms with Gasteiger partial charge in [-0.2, -0.15) is 0 Å². The molecule has 0 atom stereocenters. The minimum Gasteiger partial charge on any atom is -0.506 e. The number of benzene rings is 2. The highest BCUT2D eigenvalue weighted by molar-refractivity contribution is 8.18. The Hall–Kier alpha value is -2.24. The Balaban J connectivity index is 1.84. The van der Waals surface area contributed by atoms with Gasteiger partial charge in [-0.1, -0.05) is 48.0 Å². The number of aromatic hydroxyl groups is 1. The van der Waals surface area contributed by atoms with E-state index in [0.717, 1.165) is 17.2 Å². The molecule has 0 spiro atoms. The molecule has 1 aliphatic rings. The SMILES string of the molecule is CC(C)N=C1S/C(=C\c2ccc(O)c(Cl)c2)C(=O)N1CCc1ccccc1. The Morgan fingerprint density at radius 3 is 2.63 bits per heavy atom. The molecule has 1 amide bonds. The summed E-state index contributed by atoms with van der Waals surface area (Å²) in [6, 6.07) is 15.1. The fraction of sp³-hybridized carbons (Fsp3) is 0.238. The van der Waals surface area contributed by atoms with Gasteiger partial charge < -0.3 is 5.11 Å². The van der Waals surface area contributed by atoms with Crippen molar-refractivity contribution in [3.63, 3.8) is 0 Å². The van der Waals surface area contributed by atoms with Crippen LogP contribution in [0.25, 0.3) is 6.08 Å². The molecule has 1 N–H and O–H groups in total. The Labute approximate surface area is 168 Å². The predicted molar refractivity (Wildman–Crippen MR) is 113 cm³/mol. The third-order valence-electron chi connectivity index (χ3n) is 3.99. The fourth-order valence-electron chi connectivity index (χ4n) is 2.67. The van der Waals surface area contributed by atoms with Crippen LogP contribution in [0.2, 0.25) is 5.02 Å². The topological polar surface area (TPSA) is 52.9 Å². The molecule has 0 unspecified atom stereocenters. The standard InChI is InChI=1S/C21H21ClN2O2S/c1-14(2)23-21-24(11-10-15-6-4-3-5-7-15)20(26)19(27-21)13-16-8-9-18(25)17(22)12-16/h3-9,12-14,25H,10-11H2,1-2H3/b19-13-,23-21?. The van der Waals surface area contributed by atoms with Gasteiger partial charge in [0.05, 0.1) is 9.93 Å². The van der Waals surface area contributed by atoms with E-state index in [2.05, 4.69) is 17.1 Å². The number of amides is 1. The summed E-state index contributed by atoms with van der Waals surface area (Å²) in [5.74, 6) is -0.0321. The van der Waals surface area contributed by atoms with Gasteiger partial charge in [-0.25, -0.2) is 0 Å². The molecule has 4 nitrogen and oxygen atoms in total. The van der Waals surface area contributed by atoms with Gasteiger partial charge in [0.25, 0.3) is 5.91 Å². The molecule has 2 aromatic rings. The quantitative estimate of drug-likeness (QED) is 0.721. The molecular formula is C21H21ClN2O2S. The second kappa shape index (κ2) is 8.63. The Morgan fingerprint density at radius 2 is 1.96 bits per heavy atom. The first-order valence-electron chi connectivity index (χ1n) is 8.75. The van der Waals surface area contributed by atoms with Gasteiger partial charge in [0.2, 0.25) is 0 Å². The largest absolute Gasteiger partial charge is 0.506 e. The Kier molecular flexibility index (Phi) is 6.24.